The van der Waals surface area contributed by atoms with Gasteiger partial charge in [0.2, 0.25) is 0 Å². The van der Waals surface area contributed by atoms with E-state index in [9.17, 15) is 4.39 Å². The Kier molecular flexibility index (Phi) is 3.33. The number of hydrogen-bond donors (Lipinski definition) is 0. The summed E-state index contributed by atoms with van der Waals surface area (Å²) < 4.78 is 16.0. The predicted molar refractivity (Wildman–Crippen MR) is 80.2 cm³/mol. The molecular weight excluding hydrogens is 329 g/mol. The summed E-state index contributed by atoms with van der Waals surface area (Å²) in [5.74, 6) is -0.250. The number of halogens is 3. The van der Waals surface area contributed by atoms with E-state index in [0.717, 1.165) is 16.5 Å². The minimum atomic E-state index is -0.250. The van der Waals surface area contributed by atoms with Gasteiger partial charge in [-0.15, -0.1) is 0 Å². The SMILES string of the molecule is Fc1cccc(Cn2ccc3cccc(Cl)c32)c1Br. The molecule has 96 valence electrons. The number of fused-ring (bicyclic) bond motifs is 1. The summed E-state index contributed by atoms with van der Waals surface area (Å²) in [5.41, 5.74) is 1.86. The summed E-state index contributed by atoms with van der Waals surface area (Å²) >= 11 is 9.52. The largest absolute Gasteiger partial charge is 0.342 e. The van der Waals surface area contributed by atoms with E-state index < -0.39 is 0 Å². The summed E-state index contributed by atoms with van der Waals surface area (Å²) in [5, 5.41) is 1.79. The van der Waals surface area contributed by atoms with Crippen LogP contribution in [0, 0.1) is 5.82 Å². The highest BCUT2D eigenvalue weighted by Crippen LogP contribution is 2.27. The summed E-state index contributed by atoms with van der Waals surface area (Å²) in [6.45, 7) is 0.575. The predicted octanol–water partition coefficient (Wildman–Crippen LogP) is 5.24. The Morgan fingerprint density at radius 1 is 1.11 bits per heavy atom. The lowest BCUT2D eigenvalue weighted by Crippen LogP contribution is -2.00. The van der Waals surface area contributed by atoms with Crippen LogP contribution in [0.25, 0.3) is 10.9 Å². The Labute approximate surface area is 123 Å². The van der Waals surface area contributed by atoms with Gasteiger partial charge in [-0.1, -0.05) is 35.9 Å². The van der Waals surface area contributed by atoms with Crippen molar-refractivity contribution in [3.05, 3.63) is 69.5 Å². The van der Waals surface area contributed by atoms with E-state index in [1.165, 1.54) is 6.07 Å². The van der Waals surface area contributed by atoms with Crippen LogP contribution in [0.4, 0.5) is 4.39 Å². The zero-order chi connectivity index (χ0) is 13.4. The monoisotopic (exact) mass is 337 g/mol. The molecule has 19 heavy (non-hydrogen) atoms. The van der Waals surface area contributed by atoms with Gasteiger partial charge in [-0.25, -0.2) is 4.39 Å². The molecular formula is C15H10BrClFN. The molecule has 0 aliphatic heterocycles. The van der Waals surface area contributed by atoms with Crippen LogP contribution in [0.15, 0.2) is 53.1 Å². The van der Waals surface area contributed by atoms with Crippen molar-refractivity contribution in [2.75, 3.05) is 0 Å². The lowest BCUT2D eigenvalue weighted by atomic mass is 10.2. The summed E-state index contributed by atoms with van der Waals surface area (Å²) in [6.07, 6.45) is 1.97. The fraction of sp³-hybridized carbons (Fsp3) is 0.0667. The highest BCUT2D eigenvalue weighted by Gasteiger charge is 2.09. The Bertz CT molecular complexity index is 751. The first kappa shape index (κ1) is 12.7. The van der Waals surface area contributed by atoms with Crippen molar-refractivity contribution in [1.29, 1.82) is 0 Å². The first-order valence-corrected chi connectivity index (χ1v) is 7.00. The average molecular weight is 339 g/mol. The van der Waals surface area contributed by atoms with Gasteiger partial charge in [0.05, 0.1) is 15.0 Å². The zero-order valence-electron chi connectivity index (χ0n) is 9.91. The maximum Gasteiger partial charge on any atom is 0.137 e. The van der Waals surface area contributed by atoms with Crippen molar-refractivity contribution in [2.24, 2.45) is 0 Å². The van der Waals surface area contributed by atoms with Gasteiger partial charge in [-0.05, 0) is 39.7 Å². The minimum Gasteiger partial charge on any atom is -0.342 e. The molecule has 0 N–H and O–H groups in total. The van der Waals surface area contributed by atoms with Gasteiger partial charge >= 0.3 is 0 Å². The van der Waals surface area contributed by atoms with Crippen molar-refractivity contribution in [3.8, 4) is 0 Å². The van der Waals surface area contributed by atoms with Gasteiger partial charge in [0.1, 0.15) is 5.82 Å². The molecule has 2 aromatic carbocycles. The van der Waals surface area contributed by atoms with Gasteiger partial charge < -0.3 is 4.57 Å². The van der Waals surface area contributed by atoms with E-state index >= 15 is 0 Å². The number of hydrogen-bond acceptors (Lipinski definition) is 0. The van der Waals surface area contributed by atoms with E-state index in [1.54, 1.807) is 6.07 Å². The fourth-order valence-corrected chi connectivity index (χ4v) is 2.88. The topological polar surface area (TPSA) is 4.93 Å². The number of rotatable bonds is 2. The summed E-state index contributed by atoms with van der Waals surface area (Å²) in [6, 6.07) is 12.9. The molecule has 0 saturated heterocycles. The smallest absolute Gasteiger partial charge is 0.137 e. The van der Waals surface area contributed by atoms with Crippen LogP contribution in [0.3, 0.4) is 0 Å². The molecule has 1 heterocycles. The molecule has 0 aliphatic rings. The molecule has 0 bridgehead atoms. The Balaban J connectivity index is 2.09. The fourth-order valence-electron chi connectivity index (χ4n) is 2.20. The molecule has 0 radical (unpaired) electrons. The van der Waals surface area contributed by atoms with Crippen LogP contribution >= 0.6 is 27.5 Å². The van der Waals surface area contributed by atoms with E-state index in [1.807, 2.05) is 41.1 Å². The Morgan fingerprint density at radius 2 is 1.89 bits per heavy atom. The lowest BCUT2D eigenvalue weighted by molar-refractivity contribution is 0.616. The zero-order valence-corrected chi connectivity index (χ0v) is 12.2. The van der Waals surface area contributed by atoms with Gasteiger partial charge in [-0.2, -0.15) is 0 Å². The minimum absolute atomic E-state index is 0.250. The normalized spacial score (nSPS) is 11.1. The molecule has 0 amide bonds. The summed E-state index contributed by atoms with van der Waals surface area (Å²) in [4.78, 5) is 0. The van der Waals surface area contributed by atoms with Crippen LogP contribution in [-0.2, 0) is 6.54 Å². The molecule has 3 aromatic rings. The van der Waals surface area contributed by atoms with Crippen molar-refractivity contribution >= 4 is 38.4 Å². The second-order valence-electron chi connectivity index (χ2n) is 4.33. The summed E-state index contributed by atoms with van der Waals surface area (Å²) in [7, 11) is 0. The number of nitrogens with zero attached hydrogens (tertiary/aromatic N) is 1. The van der Waals surface area contributed by atoms with Gasteiger partial charge in [0.15, 0.2) is 0 Å². The lowest BCUT2D eigenvalue weighted by Gasteiger charge is -2.09. The first-order valence-electron chi connectivity index (χ1n) is 5.83. The molecule has 1 nitrogen and oxygen atoms in total. The van der Waals surface area contributed by atoms with Crippen molar-refractivity contribution < 1.29 is 4.39 Å². The molecule has 3 rings (SSSR count). The Morgan fingerprint density at radius 3 is 2.74 bits per heavy atom. The highest BCUT2D eigenvalue weighted by atomic mass is 79.9. The standard InChI is InChI=1S/C15H10BrClFN/c16-14-11(4-2-6-13(14)18)9-19-8-7-10-3-1-5-12(17)15(10)19/h1-8H,9H2. The average Bonchev–Trinajstić information content (AvgIpc) is 2.80. The third kappa shape index (κ3) is 2.28. The maximum atomic E-state index is 13.5. The number of aromatic nitrogens is 1. The molecule has 0 saturated carbocycles. The second kappa shape index (κ2) is 4.99. The van der Waals surface area contributed by atoms with Crippen LogP contribution in [0.2, 0.25) is 5.02 Å². The number of para-hydroxylation sites is 1. The molecule has 0 spiro atoms. The van der Waals surface area contributed by atoms with Crippen molar-refractivity contribution in [3.63, 3.8) is 0 Å². The first-order chi connectivity index (χ1) is 9.16. The molecule has 0 unspecified atom stereocenters. The van der Waals surface area contributed by atoms with Gasteiger partial charge in [0, 0.05) is 18.1 Å². The van der Waals surface area contributed by atoms with Crippen molar-refractivity contribution in [2.45, 2.75) is 6.54 Å². The quantitative estimate of drug-likeness (QED) is 0.602. The number of benzene rings is 2. The van der Waals surface area contributed by atoms with E-state index in [4.69, 9.17) is 11.6 Å². The maximum absolute atomic E-state index is 13.5. The molecule has 0 atom stereocenters. The van der Waals surface area contributed by atoms with Gasteiger partial charge in [-0.3, -0.25) is 0 Å². The van der Waals surface area contributed by atoms with Crippen LogP contribution < -0.4 is 0 Å². The van der Waals surface area contributed by atoms with Crippen LogP contribution in [-0.4, -0.2) is 4.57 Å². The third-order valence-corrected chi connectivity index (χ3v) is 4.30. The molecule has 1 aromatic heterocycles. The van der Waals surface area contributed by atoms with Crippen molar-refractivity contribution in [1.82, 2.24) is 4.57 Å². The molecule has 4 heteroatoms. The van der Waals surface area contributed by atoms with E-state index in [0.29, 0.717) is 16.0 Å². The molecule has 0 aliphatic carbocycles. The molecule has 0 fully saturated rings. The third-order valence-electron chi connectivity index (χ3n) is 3.11. The Hall–Kier alpha value is -1.32. The second-order valence-corrected chi connectivity index (χ2v) is 5.53. The van der Waals surface area contributed by atoms with E-state index in [2.05, 4.69) is 15.9 Å². The highest BCUT2D eigenvalue weighted by molar-refractivity contribution is 9.10. The van der Waals surface area contributed by atoms with Crippen LogP contribution in [0.5, 0.6) is 0 Å². The van der Waals surface area contributed by atoms with Gasteiger partial charge in [0.25, 0.3) is 0 Å². The van der Waals surface area contributed by atoms with Crippen LogP contribution in [0.1, 0.15) is 5.56 Å². The van der Waals surface area contributed by atoms with E-state index in [-0.39, 0.29) is 5.82 Å².